The number of carbonyl (C=O) groups excluding carboxylic acids is 1. The Labute approximate surface area is 129 Å². The Hall–Kier alpha value is -2.01. The lowest BCUT2D eigenvalue weighted by Crippen LogP contribution is -2.28. The summed E-state index contributed by atoms with van der Waals surface area (Å²) in [6, 6.07) is 5.58. The van der Waals surface area contributed by atoms with Crippen molar-refractivity contribution in [3.63, 3.8) is 0 Å². The number of amides is 1. The van der Waals surface area contributed by atoms with E-state index in [2.05, 4.69) is 15.0 Å². The molecule has 5 nitrogen and oxygen atoms in total. The van der Waals surface area contributed by atoms with Gasteiger partial charge < -0.3 is 4.90 Å². The zero-order valence-corrected chi connectivity index (χ0v) is 13.0. The van der Waals surface area contributed by atoms with Crippen molar-refractivity contribution in [3.05, 3.63) is 52.8 Å². The van der Waals surface area contributed by atoms with Crippen LogP contribution in [0.1, 0.15) is 41.8 Å². The van der Waals surface area contributed by atoms with Crippen molar-refractivity contribution in [2.45, 2.75) is 26.3 Å². The number of hydrogen-bond acceptors (Lipinski definition) is 4. The first-order valence-corrected chi connectivity index (χ1v) is 7.04. The van der Waals surface area contributed by atoms with Crippen LogP contribution < -0.4 is 0 Å². The van der Waals surface area contributed by atoms with Crippen molar-refractivity contribution in [2.75, 3.05) is 7.05 Å². The number of pyridine rings is 1. The summed E-state index contributed by atoms with van der Waals surface area (Å²) in [5, 5.41) is 0.261. The Balaban J connectivity index is 2.21. The summed E-state index contributed by atoms with van der Waals surface area (Å²) in [4.78, 5) is 26.6. The normalized spacial score (nSPS) is 10.7. The first-order valence-electron chi connectivity index (χ1n) is 6.67. The molecule has 0 N–H and O–H groups in total. The summed E-state index contributed by atoms with van der Waals surface area (Å²) in [6.45, 7) is 4.33. The largest absolute Gasteiger partial charge is 0.334 e. The van der Waals surface area contributed by atoms with Gasteiger partial charge in [0.1, 0.15) is 5.82 Å². The van der Waals surface area contributed by atoms with Crippen LogP contribution in [-0.2, 0) is 6.54 Å². The first-order chi connectivity index (χ1) is 9.99. The number of nitrogens with zero attached hydrogens (tertiary/aromatic N) is 4. The maximum Gasteiger partial charge on any atom is 0.274 e. The molecule has 0 saturated heterocycles. The van der Waals surface area contributed by atoms with Crippen LogP contribution in [-0.4, -0.2) is 32.8 Å². The van der Waals surface area contributed by atoms with E-state index in [1.807, 2.05) is 32.0 Å². The fourth-order valence-electron chi connectivity index (χ4n) is 1.80. The van der Waals surface area contributed by atoms with Crippen molar-refractivity contribution >= 4 is 17.5 Å². The number of halogens is 1. The lowest BCUT2D eigenvalue weighted by molar-refractivity contribution is 0.0777. The molecule has 1 amide bonds. The molecule has 2 heterocycles. The molecule has 0 bridgehead atoms. The van der Waals surface area contributed by atoms with Crippen LogP contribution in [0.4, 0.5) is 0 Å². The third kappa shape index (κ3) is 3.76. The smallest absolute Gasteiger partial charge is 0.274 e. The van der Waals surface area contributed by atoms with E-state index in [1.165, 1.54) is 6.20 Å². The summed E-state index contributed by atoms with van der Waals surface area (Å²) in [7, 11) is 1.70. The molecule has 0 atom stereocenters. The first kappa shape index (κ1) is 15.4. The van der Waals surface area contributed by atoms with Gasteiger partial charge in [-0.3, -0.25) is 9.78 Å². The van der Waals surface area contributed by atoms with Gasteiger partial charge in [0.25, 0.3) is 5.91 Å². The highest BCUT2D eigenvalue weighted by atomic mass is 35.5. The fourth-order valence-corrected chi connectivity index (χ4v) is 1.97. The highest BCUT2D eigenvalue weighted by Crippen LogP contribution is 2.18. The van der Waals surface area contributed by atoms with Gasteiger partial charge in [-0.25, -0.2) is 9.97 Å². The summed E-state index contributed by atoms with van der Waals surface area (Å²) < 4.78 is 0. The minimum absolute atomic E-state index is 0.134. The number of carbonyl (C=O) groups is 1. The minimum Gasteiger partial charge on any atom is -0.334 e. The average Bonchev–Trinajstić information content (AvgIpc) is 2.47. The van der Waals surface area contributed by atoms with E-state index >= 15 is 0 Å². The molecule has 0 saturated carbocycles. The van der Waals surface area contributed by atoms with E-state index in [4.69, 9.17) is 11.6 Å². The highest BCUT2D eigenvalue weighted by Gasteiger charge is 2.19. The standard InChI is InChI=1S/C15H17ClN4O/c1-10(2)14-18-8-12(16)13(19-14)15(21)20(3)9-11-6-4-5-7-17-11/h4-8,10H,9H2,1-3H3. The highest BCUT2D eigenvalue weighted by molar-refractivity contribution is 6.33. The van der Waals surface area contributed by atoms with Gasteiger partial charge in [-0.05, 0) is 12.1 Å². The monoisotopic (exact) mass is 304 g/mol. The van der Waals surface area contributed by atoms with Gasteiger partial charge in [-0.15, -0.1) is 0 Å². The van der Waals surface area contributed by atoms with Crippen molar-refractivity contribution in [1.29, 1.82) is 0 Å². The second-order valence-electron chi connectivity index (χ2n) is 5.06. The SMILES string of the molecule is CC(C)c1ncc(Cl)c(C(=O)N(C)Cc2ccccn2)n1. The predicted octanol–water partition coefficient (Wildman–Crippen LogP) is 2.92. The molecule has 21 heavy (non-hydrogen) atoms. The Kier molecular flexibility index (Phi) is 4.85. The van der Waals surface area contributed by atoms with Crippen LogP contribution >= 0.6 is 11.6 Å². The minimum atomic E-state index is -0.241. The van der Waals surface area contributed by atoms with Crippen LogP contribution in [0.5, 0.6) is 0 Å². The fraction of sp³-hybridized carbons (Fsp3) is 0.333. The number of hydrogen-bond donors (Lipinski definition) is 0. The van der Waals surface area contributed by atoms with Crippen LogP contribution in [0.25, 0.3) is 0 Å². The quantitative estimate of drug-likeness (QED) is 0.871. The molecule has 6 heteroatoms. The van der Waals surface area contributed by atoms with Crippen LogP contribution in [0, 0.1) is 0 Å². The Bertz CT molecular complexity index is 631. The lowest BCUT2D eigenvalue weighted by atomic mass is 10.2. The van der Waals surface area contributed by atoms with E-state index in [1.54, 1.807) is 18.1 Å². The molecule has 2 rings (SSSR count). The molecule has 0 aliphatic heterocycles. The molecule has 0 unspecified atom stereocenters. The molecular formula is C15H17ClN4O. The van der Waals surface area contributed by atoms with E-state index < -0.39 is 0 Å². The second-order valence-corrected chi connectivity index (χ2v) is 5.47. The molecule has 0 spiro atoms. The van der Waals surface area contributed by atoms with Crippen molar-refractivity contribution in [2.24, 2.45) is 0 Å². The summed E-state index contributed by atoms with van der Waals surface area (Å²) in [5.41, 5.74) is 1.04. The van der Waals surface area contributed by atoms with Crippen LogP contribution in [0.3, 0.4) is 0 Å². The van der Waals surface area contributed by atoms with Gasteiger partial charge >= 0.3 is 0 Å². The molecule has 0 aromatic carbocycles. The van der Waals surface area contributed by atoms with E-state index in [9.17, 15) is 4.79 Å². The summed E-state index contributed by atoms with van der Waals surface area (Å²) in [5.74, 6) is 0.499. The van der Waals surface area contributed by atoms with Crippen molar-refractivity contribution < 1.29 is 4.79 Å². The number of aromatic nitrogens is 3. The summed E-state index contributed by atoms with van der Waals surface area (Å²) in [6.07, 6.45) is 3.17. The average molecular weight is 305 g/mol. The maximum absolute atomic E-state index is 12.5. The third-order valence-corrected chi connectivity index (χ3v) is 3.23. The Morgan fingerprint density at radius 3 is 2.71 bits per heavy atom. The zero-order chi connectivity index (χ0) is 15.4. The van der Waals surface area contributed by atoms with Crippen molar-refractivity contribution in [3.8, 4) is 0 Å². The second kappa shape index (κ2) is 6.63. The van der Waals surface area contributed by atoms with E-state index in [0.717, 1.165) is 5.69 Å². The van der Waals surface area contributed by atoms with Gasteiger partial charge in [0.2, 0.25) is 0 Å². The van der Waals surface area contributed by atoms with Crippen LogP contribution in [0.2, 0.25) is 5.02 Å². The van der Waals surface area contributed by atoms with Crippen LogP contribution in [0.15, 0.2) is 30.6 Å². The predicted molar refractivity (Wildman–Crippen MR) is 81.2 cm³/mol. The van der Waals surface area contributed by atoms with Gasteiger partial charge in [0.05, 0.1) is 23.5 Å². The zero-order valence-electron chi connectivity index (χ0n) is 12.2. The molecule has 0 aliphatic carbocycles. The Morgan fingerprint density at radius 1 is 1.33 bits per heavy atom. The van der Waals surface area contributed by atoms with Gasteiger partial charge in [-0.1, -0.05) is 31.5 Å². The van der Waals surface area contributed by atoms with E-state index in [-0.39, 0.29) is 22.5 Å². The van der Waals surface area contributed by atoms with Gasteiger partial charge in [0.15, 0.2) is 5.69 Å². The molecule has 0 fully saturated rings. The number of rotatable bonds is 4. The maximum atomic E-state index is 12.5. The topological polar surface area (TPSA) is 59.0 Å². The molecule has 2 aromatic heterocycles. The lowest BCUT2D eigenvalue weighted by Gasteiger charge is -2.17. The summed E-state index contributed by atoms with van der Waals surface area (Å²) >= 11 is 6.05. The van der Waals surface area contributed by atoms with Crippen molar-refractivity contribution in [1.82, 2.24) is 19.9 Å². The molecular weight excluding hydrogens is 288 g/mol. The van der Waals surface area contributed by atoms with Gasteiger partial charge in [-0.2, -0.15) is 0 Å². The molecule has 0 radical (unpaired) electrons. The molecule has 110 valence electrons. The van der Waals surface area contributed by atoms with Gasteiger partial charge in [0, 0.05) is 19.2 Å². The molecule has 2 aromatic rings. The molecule has 0 aliphatic rings. The third-order valence-electron chi connectivity index (χ3n) is 2.95. The van der Waals surface area contributed by atoms with E-state index in [0.29, 0.717) is 12.4 Å². The Morgan fingerprint density at radius 2 is 2.10 bits per heavy atom.